The molecule has 0 fully saturated rings. The van der Waals surface area contributed by atoms with Crippen LogP contribution in [0.3, 0.4) is 0 Å². The Labute approximate surface area is 125 Å². The van der Waals surface area contributed by atoms with E-state index in [1.165, 1.54) is 23.4 Å². The van der Waals surface area contributed by atoms with E-state index in [-0.39, 0.29) is 18.0 Å². The van der Waals surface area contributed by atoms with Gasteiger partial charge < -0.3 is 10.8 Å². The molecule has 2 rings (SSSR count). The Bertz CT molecular complexity index is 618. The van der Waals surface area contributed by atoms with Gasteiger partial charge >= 0.3 is 0 Å². The minimum absolute atomic E-state index is 0.00269. The number of rotatable bonds is 5. The molecule has 0 aliphatic rings. The summed E-state index contributed by atoms with van der Waals surface area (Å²) in [7, 11) is 0. The summed E-state index contributed by atoms with van der Waals surface area (Å²) in [5.41, 5.74) is 3.99. The topological polar surface area (TPSA) is 94.0 Å². The standard InChI is InChI=1S/C12H12Cl2N4O2/c13-8-1-2-9(10(14)3-8)12(20,4-11(15)19)5-18-7-16-6-17-18/h1-3,6-7,20H,4-5H2,(H2,15,19). The number of nitrogens with two attached hydrogens (primary N) is 1. The van der Waals surface area contributed by atoms with Crippen LogP contribution in [0.4, 0.5) is 0 Å². The highest BCUT2D eigenvalue weighted by Crippen LogP contribution is 2.34. The maximum atomic E-state index is 11.2. The van der Waals surface area contributed by atoms with E-state index in [0.29, 0.717) is 10.6 Å². The van der Waals surface area contributed by atoms with Crippen molar-refractivity contribution in [3.63, 3.8) is 0 Å². The lowest BCUT2D eigenvalue weighted by Crippen LogP contribution is -2.36. The predicted octanol–water partition coefficient (Wildman–Crippen LogP) is 1.35. The third-order valence-corrected chi connectivity index (χ3v) is 3.34. The number of aromatic nitrogens is 3. The van der Waals surface area contributed by atoms with Crippen molar-refractivity contribution < 1.29 is 9.90 Å². The molecule has 0 radical (unpaired) electrons. The zero-order valence-electron chi connectivity index (χ0n) is 10.3. The molecular weight excluding hydrogens is 303 g/mol. The number of hydrogen-bond acceptors (Lipinski definition) is 4. The van der Waals surface area contributed by atoms with Gasteiger partial charge in [-0.05, 0) is 12.1 Å². The van der Waals surface area contributed by atoms with E-state index in [0.717, 1.165) is 0 Å². The Morgan fingerprint density at radius 1 is 1.45 bits per heavy atom. The molecule has 1 heterocycles. The Kier molecular flexibility index (Phi) is 4.27. The molecule has 6 nitrogen and oxygen atoms in total. The molecule has 0 spiro atoms. The summed E-state index contributed by atoms with van der Waals surface area (Å²) in [5.74, 6) is -0.654. The van der Waals surface area contributed by atoms with E-state index >= 15 is 0 Å². The summed E-state index contributed by atoms with van der Waals surface area (Å²) in [6.45, 7) is -0.00269. The van der Waals surface area contributed by atoms with Gasteiger partial charge in [0.1, 0.15) is 18.3 Å². The minimum Gasteiger partial charge on any atom is -0.383 e. The lowest BCUT2D eigenvalue weighted by atomic mass is 9.90. The van der Waals surface area contributed by atoms with E-state index in [9.17, 15) is 9.90 Å². The summed E-state index contributed by atoms with van der Waals surface area (Å²) >= 11 is 11.9. The number of primary amides is 1. The van der Waals surface area contributed by atoms with Crippen LogP contribution in [-0.2, 0) is 16.9 Å². The summed E-state index contributed by atoms with van der Waals surface area (Å²) < 4.78 is 1.40. The van der Waals surface area contributed by atoms with Crippen LogP contribution in [0.15, 0.2) is 30.9 Å². The van der Waals surface area contributed by atoms with Crippen molar-refractivity contribution in [3.8, 4) is 0 Å². The van der Waals surface area contributed by atoms with Crippen LogP contribution >= 0.6 is 23.2 Å². The van der Waals surface area contributed by atoms with E-state index in [4.69, 9.17) is 28.9 Å². The lowest BCUT2D eigenvalue weighted by molar-refractivity contribution is -0.124. The second kappa shape index (κ2) is 5.78. The maximum absolute atomic E-state index is 11.2. The fraction of sp³-hybridized carbons (Fsp3) is 0.250. The summed E-state index contributed by atoms with van der Waals surface area (Å²) in [5, 5.41) is 15.4. The first-order valence-electron chi connectivity index (χ1n) is 5.69. The largest absolute Gasteiger partial charge is 0.383 e. The van der Waals surface area contributed by atoms with Gasteiger partial charge in [0.2, 0.25) is 5.91 Å². The first-order chi connectivity index (χ1) is 9.40. The Morgan fingerprint density at radius 2 is 2.20 bits per heavy atom. The van der Waals surface area contributed by atoms with Crippen molar-refractivity contribution in [2.24, 2.45) is 5.73 Å². The monoisotopic (exact) mass is 314 g/mol. The van der Waals surface area contributed by atoms with Crippen molar-refractivity contribution in [2.45, 2.75) is 18.6 Å². The Hall–Kier alpha value is -1.63. The number of amides is 1. The third kappa shape index (κ3) is 3.27. The number of aliphatic hydroxyl groups is 1. The van der Waals surface area contributed by atoms with Gasteiger partial charge in [-0.1, -0.05) is 29.3 Å². The average molecular weight is 315 g/mol. The third-order valence-electron chi connectivity index (χ3n) is 2.79. The molecule has 1 unspecified atom stereocenters. The first-order valence-corrected chi connectivity index (χ1v) is 6.45. The van der Waals surface area contributed by atoms with Crippen molar-refractivity contribution >= 4 is 29.1 Å². The number of benzene rings is 1. The molecule has 20 heavy (non-hydrogen) atoms. The molecule has 8 heteroatoms. The predicted molar refractivity (Wildman–Crippen MR) is 74.2 cm³/mol. The van der Waals surface area contributed by atoms with Gasteiger partial charge in [0.05, 0.1) is 13.0 Å². The zero-order chi connectivity index (χ0) is 14.8. The van der Waals surface area contributed by atoms with E-state index in [2.05, 4.69) is 10.1 Å². The van der Waals surface area contributed by atoms with Crippen molar-refractivity contribution in [2.75, 3.05) is 0 Å². The highest BCUT2D eigenvalue weighted by Gasteiger charge is 2.34. The zero-order valence-corrected chi connectivity index (χ0v) is 11.8. The second-order valence-electron chi connectivity index (χ2n) is 4.39. The highest BCUT2D eigenvalue weighted by molar-refractivity contribution is 6.35. The summed E-state index contributed by atoms with van der Waals surface area (Å²) in [6.07, 6.45) is 2.46. The molecule has 2 aromatic rings. The molecule has 1 aromatic carbocycles. The van der Waals surface area contributed by atoms with Crippen LogP contribution in [0.25, 0.3) is 0 Å². The van der Waals surface area contributed by atoms with Crippen molar-refractivity contribution in [3.05, 3.63) is 46.5 Å². The fourth-order valence-electron chi connectivity index (χ4n) is 1.97. The van der Waals surface area contributed by atoms with Crippen LogP contribution < -0.4 is 5.73 Å². The molecular formula is C12H12Cl2N4O2. The minimum atomic E-state index is -1.58. The molecule has 0 saturated heterocycles. The molecule has 0 aliphatic heterocycles. The van der Waals surface area contributed by atoms with Gasteiger partial charge in [-0.3, -0.25) is 4.79 Å². The molecule has 1 amide bonds. The Balaban J connectivity index is 2.42. The smallest absolute Gasteiger partial charge is 0.220 e. The molecule has 106 valence electrons. The number of carbonyl (C=O) groups excluding carboxylic acids is 1. The van der Waals surface area contributed by atoms with Crippen LogP contribution in [0.5, 0.6) is 0 Å². The van der Waals surface area contributed by atoms with Crippen LogP contribution in [-0.4, -0.2) is 25.8 Å². The molecule has 0 saturated carbocycles. The van der Waals surface area contributed by atoms with Gasteiger partial charge in [-0.15, -0.1) is 0 Å². The quantitative estimate of drug-likeness (QED) is 0.871. The lowest BCUT2D eigenvalue weighted by Gasteiger charge is -2.28. The number of nitrogens with zero attached hydrogens (tertiary/aromatic N) is 3. The van der Waals surface area contributed by atoms with E-state index < -0.39 is 11.5 Å². The first kappa shape index (κ1) is 14.8. The van der Waals surface area contributed by atoms with Gasteiger partial charge in [-0.25, -0.2) is 9.67 Å². The number of halogens is 2. The van der Waals surface area contributed by atoms with Crippen LogP contribution in [0.1, 0.15) is 12.0 Å². The maximum Gasteiger partial charge on any atom is 0.220 e. The fourth-order valence-corrected chi connectivity index (χ4v) is 2.56. The molecule has 0 aliphatic carbocycles. The van der Waals surface area contributed by atoms with Gasteiger partial charge in [-0.2, -0.15) is 5.10 Å². The van der Waals surface area contributed by atoms with E-state index in [1.807, 2.05) is 0 Å². The SMILES string of the molecule is NC(=O)CC(O)(Cn1cncn1)c1ccc(Cl)cc1Cl. The van der Waals surface area contributed by atoms with Crippen molar-refractivity contribution in [1.29, 1.82) is 0 Å². The second-order valence-corrected chi connectivity index (χ2v) is 5.24. The van der Waals surface area contributed by atoms with Crippen molar-refractivity contribution in [1.82, 2.24) is 14.8 Å². The van der Waals surface area contributed by atoms with E-state index in [1.54, 1.807) is 12.1 Å². The summed E-state index contributed by atoms with van der Waals surface area (Å²) in [4.78, 5) is 15.0. The molecule has 3 N–H and O–H groups in total. The summed E-state index contributed by atoms with van der Waals surface area (Å²) in [6, 6.07) is 4.63. The highest BCUT2D eigenvalue weighted by atomic mass is 35.5. The van der Waals surface area contributed by atoms with Gasteiger partial charge in [0.25, 0.3) is 0 Å². The average Bonchev–Trinajstić information content (AvgIpc) is 2.79. The normalized spacial score (nSPS) is 13.9. The number of hydrogen-bond donors (Lipinski definition) is 2. The number of carbonyl (C=O) groups is 1. The van der Waals surface area contributed by atoms with Gasteiger partial charge in [0, 0.05) is 15.6 Å². The molecule has 0 bridgehead atoms. The Morgan fingerprint density at radius 3 is 2.75 bits per heavy atom. The van der Waals surface area contributed by atoms with Gasteiger partial charge in [0.15, 0.2) is 0 Å². The molecule has 1 atom stereocenters. The molecule has 1 aromatic heterocycles. The van der Waals surface area contributed by atoms with Crippen LogP contribution in [0, 0.1) is 0 Å². The van der Waals surface area contributed by atoms with Crippen LogP contribution in [0.2, 0.25) is 10.0 Å².